The number of H-pyrrole nitrogens is 1. The van der Waals surface area contributed by atoms with E-state index in [-0.39, 0.29) is 6.61 Å². The maximum atomic E-state index is 13.8. The molecule has 3 aromatic rings. The Morgan fingerprint density at radius 2 is 2.12 bits per heavy atom. The van der Waals surface area contributed by atoms with E-state index in [0.29, 0.717) is 34.6 Å². The first kappa shape index (κ1) is 17.0. The van der Waals surface area contributed by atoms with Gasteiger partial charge in [0.1, 0.15) is 18.8 Å². The lowest BCUT2D eigenvalue weighted by molar-refractivity contribution is 0.279. The van der Waals surface area contributed by atoms with Crippen molar-refractivity contribution in [2.45, 2.75) is 13.2 Å². The van der Waals surface area contributed by atoms with Crippen LogP contribution in [-0.2, 0) is 13.2 Å². The Bertz CT molecular complexity index is 822. The minimum absolute atomic E-state index is 0.0114. The number of nitrogens with zero attached hydrogens (tertiary/aromatic N) is 2. The van der Waals surface area contributed by atoms with Gasteiger partial charge in [-0.15, -0.1) is 0 Å². The number of methoxy groups -OCH3 is 1. The molecular weight excluding hydrogens is 347 g/mol. The van der Waals surface area contributed by atoms with Crippen LogP contribution in [-0.4, -0.2) is 22.3 Å². The molecule has 0 aliphatic rings. The lowest BCUT2D eigenvalue weighted by Crippen LogP contribution is -2.03. The molecule has 25 heavy (non-hydrogen) atoms. The van der Waals surface area contributed by atoms with Crippen molar-refractivity contribution in [2.75, 3.05) is 12.4 Å². The average Bonchev–Trinajstić information content (AvgIpc) is 3.13. The number of aromatic amines is 1. The average molecular weight is 363 g/mol. The topological polar surface area (TPSA) is 72.1 Å². The number of halogens is 2. The molecule has 8 heteroatoms. The SMILES string of the molecule is COc1cc(CNc2ncn[nH]2)ccc1OCc1c(F)cccc1Cl. The second kappa shape index (κ2) is 7.85. The van der Waals surface area contributed by atoms with Crippen LogP contribution in [0.25, 0.3) is 0 Å². The minimum atomic E-state index is -0.403. The van der Waals surface area contributed by atoms with E-state index in [1.165, 1.54) is 12.4 Å². The van der Waals surface area contributed by atoms with E-state index in [4.69, 9.17) is 21.1 Å². The van der Waals surface area contributed by atoms with E-state index in [2.05, 4.69) is 20.5 Å². The molecule has 1 aromatic heterocycles. The quantitative estimate of drug-likeness (QED) is 0.669. The summed E-state index contributed by atoms with van der Waals surface area (Å²) in [6.45, 7) is 0.544. The van der Waals surface area contributed by atoms with Gasteiger partial charge in [-0.05, 0) is 29.8 Å². The van der Waals surface area contributed by atoms with Crippen molar-refractivity contribution in [1.29, 1.82) is 0 Å². The summed E-state index contributed by atoms with van der Waals surface area (Å²) in [4.78, 5) is 3.99. The molecule has 0 fully saturated rings. The van der Waals surface area contributed by atoms with Gasteiger partial charge < -0.3 is 14.8 Å². The molecule has 0 atom stereocenters. The number of nitrogens with one attached hydrogen (secondary N) is 2. The molecule has 0 aliphatic heterocycles. The fourth-order valence-electron chi connectivity index (χ4n) is 2.24. The van der Waals surface area contributed by atoms with Crippen molar-refractivity contribution >= 4 is 17.5 Å². The van der Waals surface area contributed by atoms with Gasteiger partial charge in [0.25, 0.3) is 0 Å². The summed E-state index contributed by atoms with van der Waals surface area (Å²) in [5, 5.41) is 9.90. The van der Waals surface area contributed by atoms with Gasteiger partial charge in [-0.3, -0.25) is 0 Å². The number of rotatable bonds is 7. The highest BCUT2D eigenvalue weighted by atomic mass is 35.5. The maximum Gasteiger partial charge on any atom is 0.218 e. The molecule has 0 aliphatic carbocycles. The lowest BCUT2D eigenvalue weighted by Gasteiger charge is -2.13. The summed E-state index contributed by atoms with van der Waals surface area (Å²) >= 11 is 6.01. The van der Waals surface area contributed by atoms with Gasteiger partial charge in [-0.1, -0.05) is 23.7 Å². The fourth-order valence-corrected chi connectivity index (χ4v) is 2.46. The van der Waals surface area contributed by atoms with Crippen LogP contribution < -0.4 is 14.8 Å². The zero-order valence-corrected chi connectivity index (χ0v) is 14.2. The fraction of sp³-hybridized carbons (Fsp3) is 0.176. The highest BCUT2D eigenvalue weighted by molar-refractivity contribution is 6.31. The first-order valence-corrected chi connectivity index (χ1v) is 7.87. The molecule has 0 unspecified atom stereocenters. The van der Waals surface area contributed by atoms with Crippen molar-refractivity contribution < 1.29 is 13.9 Å². The van der Waals surface area contributed by atoms with Gasteiger partial charge in [0.15, 0.2) is 11.5 Å². The van der Waals surface area contributed by atoms with Crippen LogP contribution >= 0.6 is 11.6 Å². The van der Waals surface area contributed by atoms with Crippen LogP contribution in [0.5, 0.6) is 11.5 Å². The van der Waals surface area contributed by atoms with Crippen molar-refractivity contribution in [1.82, 2.24) is 15.2 Å². The summed E-state index contributed by atoms with van der Waals surface area (Å²) < 4.78 is 24.9. The van der Waals surface area contributed by atoms with Gasteiger partial charge in [0.2, 0.25) is 5.95 Å². The first-order valence-electron chi connectivity index (χ1n) is 7.49. The van der Waals surface area contributed by atoms with Crippen LogP contribution in [0, 0.1) is 5.82 Å². The van der Waals surface area contributed by atoms with E-state index < -0.39 is 5.82 Å². The lowest BCUT2D eigenvalue weighted by atomic mass is 10.2. The number of aromatic nitrogens is 3. The Kier molecular flexibility index (Phi) is 5.35. The number of benzene rings is 2. The van der Waals surface area contributed by atoms with Crippen molar-refractivity contribution in [2.24, 2.45) is 0 Å². The van der Waals surface area contributed by atoms with Crippen LogP contribution in [0.4, 0.5) is 10.3 Å². The minimum Gasteiger partial charge on any atom is -0.493 e. The summed E-state index contributed by atoms with van der Waals surface area (Å²) in [5.74, 6) is 1.22. The molecule has 0 radical (unpaired) electrons. The van der Waals surface area contributed by atoms with E-state index in [9.17, 15) is 4.39 Å². The molecule has 6 nitrogen and oxygen atoms in total. The molecule has 3 rings (SSSR count). The number of hydrogen-bond donors (Lipinski definition) is 2. The van der Waals surface area contributed by atoms with E-state index in [1.807, 2.05) is 12.1 Å². The van der Waals surface area contributed by atoms with Crippen LogP contribution in [0.3, 0.4) is 0 Å². The first-order chi connectivity index (χ1) is 12.2. The molecule has 0 spiro atoms. The molecule has 2 N–H and O–H groups in total. The van der Waals surface area contributed by atoms with Crippen molar-refractivity contribution in [3.63, 3.8) is 0 Å². The zero-order chi connectivity index (χ0) is 17.6. The summed E-state index contributed by atoms with van der Waals surface area (Å²) in [5.41, 5.74) is 1.27. The number of ether oxygens (including phenoxy) is 2. The van der Waals surface area contributed by atoms with Crippen molar-refractivity contribution in [3.05, 3.63) is 64.7 Å². The zero-order valence-electron chi connectivity index (χ0n) is 13.4. The summed E-state index contributed by atoms with van der Waals surface area (Å²) in [6.07, 6.45) is 1.42. The molecule has 0 saturated carbocycles. The Labute approximate surface area is 149 Å². The molecular formula is C17H16ClFN4O2. The van der Waals surface area contributed by atoms with Crippen molar-refractivity contribution in [3.8, 4) is 11.5 Å². The highest BCUT2D eigenvalue weighted by Crippen LogP contribution is 2.30. The monoisotopic (exact) mass is 362 g/mol. The number of hydrogen-bond acceptors (Lipinski definition) is 5. The molecule has 0 saturated heterocycles. The molecule has 2 aromatic carbocycles. The van der Waals surface area contributed by atoms with Gasteiger partial charge in [0, 0.05) is 12.1 Å². The second-order valence-corrected chi connectivity index (χ2v) is 5.57. The third-order valence-electron chi connectivity index (χ3n) is 3.54. The van der Waals surface area contributed by atoms with E-state index >= 15 is 0 Å². The van der Waals surface area contributed by atoms with Gasteiger partial charge >= 0.3 is 0 Å². The maximum absolute atomic E-state index is 13.8. The van der Waals surface area contributed by atoms with E-state index in [1.54, 1.807) is 25.3 Å². The predicted molar refractivity (Wildman–Crippen MR) is 92.4 cm³/mol. The van der Waals surface area contributed by atoms with Gasteiger partial charge in [0.05, 0.1) is 12.1 Å². The Morgan fingerprint density at radius 1 is 1.24 bits per heavy atom. The Balaban J connectivity index is 1.69. The van der Waals surface area contributed by atoms with Crippen LogP contribution in [0.15, 0.2) is 42.7 Å². The highest BCUT2D eigenvalue weighted by Gasteiger charge is 2.11. The van der Waals surface area contributed by atoms with Crippen LogP contribution in [0.2, 0.25) is 5.02 Å². The third-order valence-corrected chi connectivity index (χ3v) is 3.89. The standard InChI is InChI=1S/C17H16ClFN4O2/c1-24-16-7-11(8-20-17-21-10-22-23-17)5-6-15(16)25-9-12-13(18)3-2-4-14(12)19/h2-7,10H,8-9H2,1H3,(H2,20,21,22,23). The van der Waals surface area contributed by atoms with Crippen LogP contribution in [0.1, 0.15) is 11.1 Å². The molecule has 0 amide bonds. The second-order valence-electron chi connectivity index (χ2n) is 5.16. The predicted octanol–water partition coefficient (Wildman–Crippen LogP) is 3.80. The molecule has 1 heterocycles. The Morgan fingerprint density at radius 3 is 2.84 bits per heavy atom. The van der Waals surface area contributed by atoms with Gasteiger partial charge in [-0.25, -0.2) is 14.5 Å². The smallest absolute Gasteiger partial charge is 0.218 e. The summed E-state index contributed by atoms with van der Waals surface area (Å²) in [7, 11) is 1.55. The Hall–Kier alpha value is -2.80. The molecule has 0 bridgehead atoms. The third kappa shape index (κ3) is 4.19. The summed E-state index contributed by atoms with van der Waals surface area (Å²) in [6, 6.07) is 10.0. The normalized spacial score (nSPS) is 10.5. The number of anilines is 1. The molecule has 130 valence electrons. The largest absolute Gasteiger partial charge is 0.493 e. The van der Waals surface area contributed by atoms with Gasteiger partial charge in [-0.2, -0.15) is 5.10 Å². The van der Waals surface area contributed by atoms with E-state index in [0.717, 1.165) is 5.56 Å².